The van der Waals surface area contributed by atoms with Crippen LogP contribution >= 0.6 is 0 Å². The molecule has 4 nitrogen and oxygen atoms in total. The van der Waals surface area contributed by atoms with Gasteiger partial charge < -0.3 is 10.4 Å². The third-order valence-electron chi connectivity index (χ3n) is 4.01. The van der Waals surface area contributed by atoms with Gasteiger partial charge in [-0.25, -0.2) is 0 Å². The van der Waals surface area contributed by atoms with Crippen molar-refractivity contribution in [3.05, 3.63) is 65.7 Å². The van der Waals surface area contributed by atoms with E-state index in [1.807, 2.05) is 6.07 Å². The fraction of sp³-hybridized carbons (Fsp3) is 0.176. The van der Waals surface area contributed by atoms with Gasteiger partial charge in [-0.1, -0.05) is 55.5 Å². The predicted molar refractivity (Wildman–Crippen MR) is 78.9 cm³/mol. The number of aliphatic hydroxyl groups is 1. The summed E-state index contributed by atoms with van der Waals surface area (Å²) in [4.78, 5) is 24.8. The fourth-order valence-corrected chi connectivity index (χ4v) is 2.74. The number of anilines is 1. The van der Waals surface area contributed by atoms with Crippen molar-refractivity contribution < 1.29 is 14.7 Å². The second-order valence-corrected chi connectivity index (χ2v) is 5.22. The number of carbonyl (C=O) groups is 2. The molecular formula is C17H15NO3. The molecule has 1 heterocycles. The zero-order valence-electron chi connectivity index (χ0n) is 11.5. The molecule has 2 N–H and O–H groups in total. The molecule has 106 valence electrons. The lowest BCUT2D eigenvalue weighted by molar-refractivity contribution is -0.137. The maximum atomic E-state index is 12.6. The highest BCUT2D eigenvalue weighted by Gasteiger charge is 2.51. The molecule has 0 radical (unpaired) electrons. The molecular weight excluding hydrogens is 266 g/mol. The summed E-state index contributed by atoms with van der Waals surface area (Å²) in [5.41, 5.74) is -0.344. The van der Waals surface area contributed by atoms with E-state index in [2.05, 4.69) is 5.32 Å². The first-order valence-corrected chi connectivity index (χ1v) is 6.77. The molecule has 0 unspecified atom stereocenters. The van der Waals surface area contributed by atoms with Crippen molar-refractivity contribution >= 4 is 17.4 Å². The molecule has 0 aliphatic carbocycles. The molecule has 0 bridgehead atoms. The summed E-state index contributed by atoms with van der Waals surface area (Å²) in [5.74, 6) is -1.69. The van der Waals surface area contributed by atoms with Crippen LogP contribution in [0.2, 0.25) is 0 Å². The average Bonchev–Trinajstić information content (AvgIpc) is 2.79. The maximum absolute atomic E-state index is 12.6. The lowest BCUT2D eigenvalue weighted by Gasteiger charge is -2.27. The van der Waals surface area contributed by atoms with Crippen molar-refractivity contribution in [2.24, 2.45) is 5.92 Å². The summed E-state index contributed by atoms with van der Waals surface area (Å²) in [7, 11) is 0. The quantitative estimate of drug-likeness (QED) is 0.849. The average molecular weight is 281 g/mol. The molecule has 0 fully saturated rings. The number of hydrogen-bond donors (Lipinski definition) is 2. The number of para-hydroxylation sites is 1. The highest BCUT2D eigenvalue weighted by atomic mass is 16.3. The van der Waals surface area contributed by atoms with E-state index >= 15 is 0 Å². The normalized spacial score (nSPS) is 21.5. The molecule has 1 aliphatic heterocycles. The fourth-order valence-electron chi connectivity index (χ4n) is 2.74. The summed E-state index contributed by atoms with van der Waals surface area (Å²) < 4.78 is 0. The van der Waals surface area contributed by atoms with Crippen molar-refractivity contribution in [1.82, 2.24) is 0 Å². The second kappa shape index (κ2) is 4.82. The number of amides is 1. The Morgan fingerprint density at radius 1 is 1.10 bits per heavy atom. The van der Waals surface area contributed by atoms with E-state index in [1.165, 1.54) is 0 Å². The molecule has 4 heteroatoms. The highest BCUT2D eigenvalue weighted by molar-refractivity contribution is 6.10. The van der Waals surface area contributed by atoms with E-state index in [4.69, 9.17) is 0 Å². The van der Waals surface area contributed by atoms with E-state index in [0.29, 0.717) is 16.8 Å². The van der Waals surface area contributed by atoms with E-state index in [9.17, 15) is 14.7 Å². The Hall–Kier alpha value is -2.46. The van der Waals surface area contributed by atoms with Gasteiger partial charge in [-0.05, 0) is 6.07 Å². The van der Waals surface area contributed by atoms with Crippen LogP contribution in [-0.2, 0) is 10.4 Å². The number of Topliss-reactive ketones (excluding diaryl/α,β-unsaturated/α-hetero) is 1. The van der Waals surface area contributed by atoms with Crippen LogP contribution in [0.3, 0.4) is 0 Å². The number of nitrogens with one attached hydrogen (secondary N) is 1. The Morgan fingerprint density at radius 3 is 2.43 bits per heavy atom. The summed E-state index contributed by atoms with van der Waals surface area (Å²) in [6.45, 7) is 1.58. The van der Waals surface area contributed by atoms with Crippen molar-refractivity contribution in [2.45, 2.75) is 12.5 Å². The highest BCUT2D eigenvalue weighted by Crippen LogP contribution is 2.41. The maximum Gasteiger partial charge on any atom is 0.261 e. The molecule has 0 saturated carbocycles. The zero-order chi connectivity index (χ0) is 15.0. The predicted octanol–water partition coefficient (Wildman–Crippen LogP) is 2.35. The van der Waals surface area contributed by atoms with Gasteiger partial charge in [0, 0.05) is 16.8 Å². The van der Waals surface area contributed by atoms with Crippen LogP contribution < -0.4 is 5.32 Å². The van der Waals surface area contributed by atoms with Crippen LogP contribution in [0.15, 0.2) is 54.6 Å². The van der Waals surface area contributed by atoms with Crippen molar-refractivity contribution in [3.63, 3.8) is 0 Å². The monoisotopic (exact) mass is 281 g/mol. The van der Waals surface area contributed by atoms with Gasteiger partial charge in [0.1, 0.15) is 0 Å². The first kappa shape index (κ1) is 13.5. The Bertz CT molecular complexity index is 711. The smallest absolute Gasteiger partial charge is 0.261 e. The SMILES string of the molecule is C[C@H](C(=O)c1ccccc1)[C@@]1(O)C(=O)Nc2ccccc21. The summed E-state index contributed by atoms with van der Waals surface area (Å²) >= 11 is 0. The van der Waals surface area contributed by atoms with Gasteiger partial charge in [0.15, 0.2) is 11.4 Å². The van der Waals surface area contributed by atoms with Crippen LogP contribution in [0.1, 0.15) is 22.8 Å². The summed E-state index contributed by atoms with van der Waals surface area (Å²) in [5, 5.41) is 13.5. The van der Waals surface area contributed by atoms with E-state index < -0.39 is 17.4 Å². The number of fused-ring (bicyclic) bond motifs is 1. The van der Waals surface area contributed by atoms with Gasteiger partial charge in [-0.2, -0.15) is 0 Å². The topological polar surface area (TPSA) is 66.4 Å². The first-order chi connectivity index (χ1) is 10.0. The minimum Gasteiger partial charge on any atom is -0.375 e. The summed E-state index contributed by atoms with van der Waals surface area (Å²) in [6.07, 6.45) is 0. The van der Waals surface area contributed by atoms with E-state index in [0.717, 1.165) is 0 Å². The molecule has 0 aromatic heterocycles. The van der Waals surface area contributed by atoms with Crippen molar-refractivity contribution in [1.29, 1.82) is 0 Å². The van der Waals surface area contributed by atoms with Gasteiger partial charge in [0.05, 0.1) is 5.92 Å². The van der Waals surface area contributed by atoms with E-state index in [1.54, 1.807) is 55.5 Å². The van der Waals surface area contributed by atoms with E-state index in [-0.39, 0.29) is 5.78 Å². The molecule has 1 amide bonds. The Labute approximate surface area is 122 Å². The van der Waals surface area contributed by atoms with Crippen LogP contribution in [-0.4, -0.2) is 16.8 Å². The Kier molecular flexibility index (Phi) is 3.11. The molecule has 2 aromatic rings. The summed E-state index contributed by atoms with van der Waals surface area (Å²) in [6, 6.07) is 15.6. The minimum absolute atomic E-state index is 0.259. The molecule has 2 atom stereocenters. The van der Waals surface area contributed by atoms with Gasteiger partial charge in [0.25, 0.3) is 5.91 Å². The number of ketones is 1. The molecule has 1 aliphatic rings. The lowest BCUT2D eigenvalue weighted by atomic mass is 9.79. The number of hydrogen-bond acceptors (Lipinski definition) is 3. The Balaban J connectivity index is 2.03. The zero-order valence-corrected chi connectivity index (χ0v) is 11.5. The third kappa shape index (κ3) is 1.96. The van der Waals surface area contributed by atoms with Crippen LogP contribution in [0.5, 0.6) is 0 Å². The standard InChI is InChI=1S/C17H15NO3/c1-11(15(19)12-7-3-2-4-8-12)17(21)13-9-5-6-10-14(13)18-16(17)20/h2-11,21H,1H3,(H,18,20)/t11-,17+/m1/s1. The first-order valence-electron chi connectivity index (χ1n) is 6.77. The second-order valence-electron chi connectivity index (χ2n) is 5.22. The van der Waals surface area contributed by atoms with Crippen molar-refractivity contribution in [3.8, 4) is 0 Å². The largest absolute Gasteiger partial charge is 0.375 e. The number of benzene rings is 2. The number of carbonyl (C=O) groups excluding carboxylic acids is 2. The van der Waals surface area contributed by atoms with Gasteiger partial charge in [-0.3, -0.25) is 9.59 Å². The molecule has 3 rings (SSSR count). The molecule has 0 saturated heterocycles. The van der Waals surface area contributed by atoms with Crippen LogP contribution in [0, 0.1) is 5.92 Å². The minimum atomic E-state index is -1.83. The van der Waals surface area contributed by atoms with Crippen molar-refractivity contribution in [2.75, 3.05) is 5.32 Å². The number of rotatable bonds is 3. The lowest BCUT2D eigenvalue weighted by Crippen LogP contribution is -2.44. The molecule has 21 heavy (non-hydrogen) atoms. The van der Waals surface area contributed by atoms with Gasteiger partial charge in [0.2, 0.25) is 0 Å². The van der Waals surface area contributed by atoms with Gasteiger partial charge >= 0.3 is 0 Å². The van der Waals surface area contributed by atoms with Crippen LogP contribution in [0.4, 0.5) is 5.69 Å². The third-order valence-corrected chi connectivity index (χ3v) is 4.01. The van der Waals surface area contributed by atoms with Gasteiger partial charge in [-0.15, -0.1) is 0 Å². The van der Waals surface area contributed by atoms with Crippen LogP contribution in [0.25, 0.3) is 0 Å². The molecule has 0 spiro atoms. The molecule has 2 aromatic carbocycles. The Morgan fingerprint density at radius 2 is 1.71 bits per heavy atom.